The number of nitrogens with zero attached hydrogens (tertiary/aromatic N) is 2. The molecule has 1 heterocycles. The van der Waals surface area contributed by atoms with Gasteiger partial charge in [-0.2, -0.15) is 0 Å². The summed E-state index contributed by atoms with van der Waals surface area (Å²) in [7, 11) is 0. The smallest absolute Gasteiger partial charge is 0.259 e. The van der Waals surface area contributed by atoms with Gasteiger partial charge in [-0.3, -0.25) is 14.5 Å². The molecule has 0 aliphatic carbocycles. The number of carbonyl (C=O) groups excluding carboxylic acids is 2. The molecule has 146 valence electrons. The summed E-state index contributed by atoms with van der Waals surface area (Å²) < 4.78 is 0. The molecule has 0 aromatic heterocycles. The van der Waals surface area contributed by atoms with Gasteiger partial charge in [0, 0.05) is 15.6 Å². The van der Waals surface area contributed by atoms with Crippen LogP contribution in [0.2, 0.25) is 10.0 Å². The monoisotopic (exact) mass is 424 g/mol. The van der Waals surface area contributed by atoms with Crippen molar-refractivity contribution in [3.8, 4) is 0 Å². The van der Waals surface area contributed by atoms with Crippen molar-refractivity contribution in [2.75, 3.05) is 9.80 Å². The predicted molar refractivity (Wildman–Crippen MR) is 117 cm³/mol. The van der Waals surface area contributed by atoms with Gasteiger partial charge < -0.3 is 4.90 Å². The molecule has 2 amide bonds. The lowest BCUT2D eigenvalue weighted by atomic mass is 10.0. The predicted octanol–water partition coefficient (Wildman–Crippen LogP) is 5.58. The Kier molecular flexibility index (Phi) is 5.31. The van der Waals surface area contributed by atoms with Gasteiger partial charge in [0.25, 0.3) is 5.91 Å². The number of rotatable bonds is 3. The van der Waals surface area contributed by atoms with Gasteiger partial charge in [0.2, 0.25) is 5.91 Å². The number of para-hydroxylation sites is 2. The Labute approximate surface area is 179 Å². The molecule has 29 heavy (non-hydrogen) atoms. The van der Waals surface area contributed by atoms with E-state index in [2.05, 4.69) is 0 Å². The van der Waals surface area contributed by atoms with Crippen molar-refractivity contribution in [2.24, 2.45) is 0 Å². The van der Waals surface area contributed by atoms with E-state index in [1.807, 2.05) is 42.5 Å². The molecule has 0 bridgehead atoms. The van der Waals surface area contributed by atoms with Crippen LogP contribution in [0.4, 0.5) is 11.4 Å². The Morgan fingerprint density at radius 3 is 2.28 bits per heavy atom. The minimum Gasteiger partial charge on any atom is -0.304 e. The Morgan fingerprint density at radius 1 is 0.897 bits per heavy atom. The molecule has 4 rings (SSSR count). The third-order valence-corrected chi connectivity index (χ3v) is 5.47. The molecule has 1 atom stereocenters. The molecule has 1 unspecified atom stereocenters. The first kappa shape index (κ1) is 19.5. The van der Waals surface area contributed by atoms with E-state index in [4.69, 9.17) is 23.2 Å². The average molecular weight is 425 g/mol. The van der Waals surface area contributed by atoms with E-state index in [0.29, 0.717) is 33.5 Å². The summed E-state index contributed by atoms with van der Waals surface area (Å²) >= 11 is 12.1. The van der Waals surface area contributed by atoms with Crippen molar-refractivity contribution in [3.05, 3.63) is 94.0 Å². The molecule has 3 aromatic carbocycles. The van der Waals surface area contributed by atoms with Crippen LogP contribution < -0.4 is 9.80 Å². The van der Waals surface area contributed by atoms with Crippen molar-refractivity contribution >= 4 is 46.4 Å². The molecule has 0 N–H and O–H groups in total. The third kappa shape index (κ3) is 3.74. The van der Waals surface area contributed by atoms with Gasteiger partial charge >= 0.3 is 0 Å². The standard InChI is InChI=1S/C23H18Cl2N2O2/c1-15-22(28)26(14-16-5-4-6-19(25)13-16)20-7-2-3-8-21(20)27(15)23(29)17-9-11-18(24)12-10-17/h2-13,15H,14H2,1H3. The van der Waals surface area contributed by atoms with Gasteiger partial charge in [0.05, 0.1) is 17.9 Å². The number of fused-ring (bicyclic) bond motifs is 1. The molecule has 1 aliphatic rings. The van der Waals surface area contributed by atoms with Crippen molar-refractivity contribution < 1.29 is 9.59 Å². The highest BCUT2D eigenvalue weighted by atomic mass is 35.5. The van der Waals surface area contributed by atoms with Crippen LogP contribution in [0, 0.1) is 0 Å². The number of carbonyl (C=O) groups is 2. The van der Waals surface area contributed by atoms with E-state index >= 15 is 0 Å². The number of amides is 2. The van der Waals surface area contributed by atoms with E-state index in [1.54, 1.807) is 47.1 Å². The fourth-order valence-electron chi connectivity index (χ4n) is 3.56. The summed E-state index contributed by atoms with van der Waals surface area (Å²) in [5.41, 5.74) is 2.79. The number of halogens is 2. The van der Waals surface area contributed by atoms with Gasteiger partial charge in [-0.05, 0) is 61.0 Å². The molecule has 1 aliphatic heterocycles. The number of anilines is 2. The summed E-state index contributed by atoms with van der Waals surface area (Å²) in [6.07, 6.45) is 0. The molecule has 0 fully saturated rings. The van der Waals surface area contributed by atoms with Gasteiger partial charge in [0.1, 0.15) is 6.04 Å². The van der Waals surface area contributed by atoms with Crippen LogP contribution >= 0.6 is 23.2 Å². The zero-order valence-electron chi connectivity index (χ0n) is 15.7. The Morgan fingerprint density at radius 2 is 1.59 bits per heavy atom. The van der Waals surface area contributed by atoms with Gasteiger partial charge in [-0.15, -0.1) is 0 Å². The van der Waals surface area contributed by atoms with E-state index in [0.717, 1.165) is 5.56 Å². The first-order valence-electron chi connectivity index (χ1n) is 9.19. The van der Waals surface area contributed by atoms with Gasteiger partial charge in [-0.1, -0.05) is 47.5 Å². The molecule has 0 radical (unpaired) electrons. The highest BCUT2D eigenvalue weighted by molar-refractivity contribution is 6.31. The highest BCUT2D eigenvalue weighted by Gasteiger charge is 2.38. The van der Waals surface area contributed by atoms with Crippen LogP contribution in [0.15, 0.2) is 72.8 Å². The lowest BCUT2D eigenvalue weighted by molar-refractivity contribution is -0.119. The third-order valence-electron chi connectivity index (χ3n) is 4.98. The number of hydrogen-bond donors (Lipinski definition) is 0. The van der Waals surface area contributed by atoms with Crippen molar-refractivity contribution in [2.45, 2.75) is 19.5 Å². The van der Waals surface area contributed by atoms with E-state index < -0.39 is 6.04 Å². The molecule has 0 spiro atoms. The molecule has 0 saturated heterocycles. The van der Waals surface area contributed by atoms with Crippen LogP contribution in [0.25, 0.3) is 0 Å². The molecular formula is C23H18Cl2N2O2. The first-order chi connectivity index (χ1) is 14.0. The Hall–Kier alpha value is -2.82. The lowest BCUT2D eigenvalue weighted by Gasteiger charge is -2.40. The normalized spacial score (nSPS) is 16.0. The van der Waals surface area contributed by atoms with Crippen LogP contribution in [-0.2, 0) is 11.3 Å². The average Bonchev–Trinajstić information content (AvgIpc) is 2.72. The minimum atomic E-state index is -0.646. The van der Waals surface area contributed by atoms with Crippen molar-refractivity contribution in [1.82, 2.24) is 0 Å². The van der Waals surface area contributed by atoms with Gasteiger partial charge in [-0.25, -0.2) is 0 Å². The Balaban J connectivity index is 1.74. The maximum atomic E-state index is 13.3. The van der Waals surface area contributed by atoms with Crippen molar-refractivity contribution in [1.29, 1.82) is 0 Å². The van der Waals surface area contributed by atoms with Crippen LogP contribution in [0.1, 0.15) is 22.8 Å². The zero-order valence-corrected chi connectivity index (χ0v) is 17.2. The SMILES string of the molecule is CC1C(=O)N(Cc2cccc(Cl)c2)c2ccccc2N1C(=O)c1ccc(Cl)cc1. The summed E-state index contributed by atoms with van der Waals surface area (Å²) in [6, 6.07) is 20.9. The topological polar surface area (TPSA) is 40.6 Å². The fraction of sp³-hybridized carbons (Fsp3) is 0.130. The zero-order chi connectivity index (χ0) is 20.5. The number of hydrogen-bond acceptors (Lipinski definition) is 2. The first-order valence-corrected chi connectivity index (χ1v) is 9.95. The van der Waals surface area contributed by atoms with Crippen molar-refractivity contribution in [3.63, 3.8) is 0 Å². The quantitative estimate of drug-likeness (QED) is 0.550. The second kappa shape index (κ2) is 7.90. The Bertz CT molecular complexity index is 1080. The largest absolute Gasteiger partial charge is 0.304 e. The summed E-state index contributed by atoms with van der Waals surface area (Å²) in [5, 5.41) is 1.17. The van der Waals surface area contributed by atoms with E-state index in [1.165, 1.54) is 0 Å². The van der Waals surface area contributed by atoms with E-state index in [-0.39, 0.29) is 11.8 Å². The van der Waals surface area contributed by atoms with E-state index in [9.17, 15) is 9.59 Å². The highest BCUT2D eigenvalue weighted by Crippen LogP contribution is 2.38. The molecule has 0 saturated carbocycles. The second-order valence-corrected chi connectivity index (χ2v) is 7.77. The molecule has 4 nitrogen and oxygen atoms in total. The summed E-state index contributed by atoms with van der Waals surface area (Å²) in [4.78, 5) is 29.7. The lowest BCUT2D eigenvalue weighted by Crippen LogP contribution is -2.54. The van der Waals surface area contributed by atoms with Crippen LogP contribution in [0.3, 0.4) is 0 Å². The molecular weight excluding hydrogens is 407 g/mol. The minimum absolute atomic E-state index is 0.147. The van der Waals surface area contributed by atoms with Crippen LogP contribution in [0.5, 0.6) is 0 Å². The summed E-state index contributed by atoms with van der Waals surface area (Å²) in [6.45, 7) is 2.13. The van der Waals surface area contributed by atoms with Gasteiger partial charge in [0.15, 0.2) is 0 Å². The van der Waals surface area contributed by atoms with Crippen LogP contribution in [-0.4, -0.2) is 17.9 Å². The maximum absolute atomic E-state index is 13.3. The summed E-state index contributed by atoms with van der Waals surface area (Å²) in [5.74, 6) is -0.386. The fourth-order valence-corrected chi connectivity index (χ4v) is 3.90. The maximum Gasteiger partial charge on any atom is 0.259 e. The number of benzene rings is 3. The molecule has 3 aromatic rings. The second-order valence-electron chi connectivity index (χ2n) is 6.90. The molecule has 6 heteroatoms.